The van der Waals surface area contributed by atoms with Crippen molar-refractivity contribution < 1.29 is 4.79 Å². The molecule has 4 rings (SSSR count). The summed E-state index contributed by atoms with van der Waals surface area (Å²) in [6.07, 6.45) is 1.61. The van der Waals surface area contributed by atoms with Gasteiger partial charge in [-0.15, -0.1) is 11.3 Å². The molecule has 6 heteroatoms. The van der Waals surface area contributed by atoms with Gasteiger partial charge in [-0.3, -0.25) is 4.79 Å². The quantitative estimate of drug-likeness (QED) is 0.524. The van der Waals surface area contributed by atoms with Crippen molar-refractivity contribution in [3.8, 4) is 16.9 Å². The molecule has 2 aromatic heterocycles. The summed E-state index contributed by atoms with van der Waals surface area (Å²) in [7, 11) is 0. The molecule has 0 fully saturated rings. The van der Waals surface area contributed by atoms with Gasteiger partial charge in [-0.25, -0.2) is 9.67 Å². The summed E-state index contributed by atoms with van der Waals surface area (Å²) < 4.78 is 1.80. The molecule has 28 heavy (non-hydrogen) atoms. The first-order valence-corrected chi connectivity index (χ1v) is 9.85. The number of aromatic nitrogens is 3. The number of anilines is 1. The van der Waals surface area contributed by atoms with Crippen molar-refractivity contribution in [3.05, 3.63) is 81.9 Å². The van der Waals surface area contributed by atoms with E-state index in [1.54, 1.807) is 22.2 Å². The van der Waals surface area contributed by atoms with Crippen molar-refractivity contribution in [1.82, 2.24) is 14.8 Å². The summed E-state index contributed by atoms with van der Waals surface area (Å²) >= 11 is 1.62. The van der Waals surface area contributed by atoms with Crippen LogP contribution in [0.4, 0.5) is 5.69 Å². The number of aryl methyl sites for hydroxylation is 2. The van der Waals surface area contributed by atoms with E-state index < -0.39 is 0 Å². The molecule has 0 bridgehead atoms. The van der Waals surface area contributed by atoms with Gasteiger partial charge in [0.05, 0.1) is 33.8 Å². The monoisotopic (exact) mass is 388 g/mol. The van der Waals surface area contributed by atoms with Crippen LogP contribution in [-0.4, -0.2) is 20.7 Å². The molecule has 0 aliphatic carbocycles. The minimum Gasteiger partial charge on any atom is -0.322 e. The van der Waals surface area contributed by atoms with Crippen LogP contribution < -0.4 is 5.32 Å². The van der Waals surface area contributed by atoms with Crippen molar-refractivity contribution in [2.75, 3.05) is 5.32 Å². The zero-order valence-corrected chi connectivity index (χ0v) is 16.7. The SMILES string of the molecule is Cc1nc(-c2ccc(NC(=O)c3cnn(-c4ccccc4C)c3C)cc2)cs1. The van der Waals surface area contributed by atoms with Crippen molar-refractivity contribution in [2.24, 2.45) is 0 Å². The standard InChI is InChI=1S/C22H20N4OS/c1-14-6-4-5-7-21(14)26-15(2)19(12-23-26)22(27)25-18-10-8-17(9-11-18)20-13-28-16(3)24-20/h4-13H,1-3H3,(H,25,27). The van der Waals surface area contributed by atoms with Gasteiger partial charge >= 0.3 is 0 Å². The molecular weight excluding hydrogens is 368 g/mol. The highest BCUT2D eigenvalue weighted by Gasteiger charge is 2.16. The number of rotatable bonds is 4. The third kappa shape index (κ3) is 3.46. The first kappa shape index (κ1) is 18.1. The van der Waals surface area contributed by atoms with Crippen molar-refractivity contribution in [2.45, 2.75) is 20.8 Å². The molecule has 140 valence electrons. The molecule has 0 aliphatic rings. The van der Waals surface area contributed by atoms with Crippen LogP contribution in [0.3, 0.4) is 0 Å². The third-order valence-corrected chi connectivity index (χ3v) is 5.43. The Bertz CT molecular complexity index is 1140. The van der Waals surface area contributed by atoms with Gasteiger partial charge in [0.2, 0.25) is 0 Å². The Kier molecular flexibility index (Phi) is 4.79. The van der Waals surface area contributed by atoms with E-state index in [2.05, 4.69) is 15.4 Å². The van der Waals surface area contributed by atoms with Crippen molar-refractivity contribution >= 4 is 22.9 Å². The molecule has 0 saturated carbocycles. The van der Waals surface area contributed by atoms with Crippen LogP contribution in [0.15, 0.2) is 60.1 Å². The molecular formula is C22H20N4OS. The third-order valence-electron chi connectivity index (χ3n) is 4.66. The number of hydrogen-bond donors (Lipinski definition) is 1. The second-order valence-corrected chi connectivity index (χ2v) is 7.69. The molecule has 0 spiro atoms. The average molecular weight is 388 g/mol. The number of hydrogen-bond acceptors (Lipinski definition) is 4. The fourth-order valence-electron chi connectivity index (χ4n) is 3.10. The van der Waals surface area contributed by atoms with E-state index >= 15 is 0 Å². The largest absolute Gasteiger partial charge is 0.322 e. The molecule has 5 nitrogen and oxygen atoms in total. The van der Waals surface area contributed by atoms with Gasteiger partial charge in [-0.2, -0.15) is 5.10 Å². The second kappa shape index (κ2) is 7.40. The van der Waals surface area contributed by atoms with Crippen LogP contribution in [0.1, 0.15) is 26.6 Å². The summed E-state index contributed by atoms with van der Waals surface area (Å²) in [4.78, 5) is 17.2. The van der Waals surface area contributed by atoms with Gasteiger partial charge in [0, 0.05) is 16.6 Å². The highest BCUT2D eigenvalue weighted by molar-refractivity contribution is 7.09. The van der Waals surface area contributed by atoms with Crippen LogP contribution in [0.5, 0.6) is 0 Å². The van der Waals surface area contributed by atoms with E-state index in [9.17, 15) is 4.79 Å². The van der Waals surface area contributed by atoms with Gasteiger partial charge in [0.25, 0.3) is 5.91 Å². The lowest BCUT2D eigenvalue weighted by molar-refractivity contribution is 0.102. The number of carbonyl (C=O) groups excluding carboxylic acids is 1. The highest BCUT2D eigenvalue weighted by atomic mass is 32.1. The number of nitrogens with one attached hydrogen (secondary N) is 1. The lowest BCUT2D eigenvalue weighted by Crippen LogP contribution is -2.13. The van der Waals surface area contributed by atoms with E-state index in [4.69, 9.17) is 0 Å². The molecule has 1 amide bonds. The second-order valence-electron chi connectivity index (χ2n) is 6.63. The molecule has 2 aromatic carbocycles. The van der Waals surface area contributed by atoms with Crippen LogP contribution in [-0.2, 0) is 0 Å². The maximum absolute atomic E-state index is 12.7. The Morgan fingerprint density at radius 1 is 1.04 bits per heavy atom. The van der Waals surface area contributed by atoms with Gasteiger partial charge < -0.3 is 5.32 Å². The molecule has 0 saturated heterocycles. The lowest BCUT2D eigenvalue weighted by Gasteiger charge is -2.09. The fourth-order valence-corrected chi connectivity index (χ4v) is 3.72. The Labute approximate surface area is 167 Å². The van der Waals surface area contributed by atoms with Gasteiger partial charge in [0.1, 0.15) is 0 Å². The van der Waals surface area contributed by atoms with Crippen LogP contribution in [0.25, 0.3) is 16.9 Å². The van der Waals surface area contributed by atoms with E-state index in [1.807, 2.05) is 74.7 Å². The van der Waals surface area contributed by atoms with Crippen molar-refractivity contribution in [3.63, 3.8) is 0 Å². The molecule has 0 aliphatic heterocycles. The molecule has 2 heterocycles. The number of nitrogens with zero attached hydrogens (tertiary/aromatic N) is 3. The molecule has 0 unspecified atom stereocenters. The van der Waals surface area contributed by atoms with E-state index in [1.165, 1.54) is 0 Å². The predicted octanol–water partition coefficient (Wildman–Crippen LogP) is 5.17. The molecule has 0 atom stereocenters. The summed E-state index contributed by atoms with van der Waals surface area (Å²) in [5.41, 5.74) is 6.17. The minimum absolute atomic E-state index is 0.172. The maximum atomic E-state index is 12.7. The average Bonchev–Trinajstić information content (AvgIpc) is 3.29. The Morgan fingerprint density at radius 3 is 2.46 bits per heavy atom. The first-order chi connectivity index (χ1) is 13.5. The van der Waals surface area contributed by atoms with Gasteiger partial charge in [0.15, 0.2) is 0 Å². The predicted molar refractivity (Wildman–Crippen MR) is 113 cm³/mol. The zero-order chi connectivity index (χ0) is 19.7. The Hall–Kier alpha value is -3.25. The number of benzene rings is 2. The fraction of sp³-hybridized carbons (Fsp3) is 0.136. The Balaban J connectivity index is 1.54. The van der Waals surface area contributed by atoms with Crippen LogP contribution >= 0.6 is 11.3 Å². The van der Waals surface area contributed by atoms with Crippen molar-refractivity contribution in [1.29, 1.82) is 0 Å². The number of para-hydroxylation sites is 1. The number of amides is 1. The number of carbonyl (C=O) groups is 1. The molecule has 1 N–H and O–H groups in total. The zero-order valence-electron chi connectivity index (χ0n) is 15.9. The highest BCUT2D eigenvalue weighted by Crippen LogP contribution is 2.24. The first-order valence-electron chi connectivity index (χ1n) is 8.97. The summed E-state index contributed by atoms with van der Waals surface area (Å²) in [5.74, 6) is -0.172. The van der Waals surface area contributed by atoms with Gasteiger partial charge in [-0.1, -0.05) is 30.3 Å². The van der Waals surface area contributed by atoms with Gasteiger partial charge in [-0.05, 0) is 44.5 Å². The topological polar surface area (TPSA) is 59.8 Å². The normalized spacial score (nSPS) is 10.8. The van der Waals surface area contributed by atoms with Crippen LogP contribution in [0.2, 0.25) is 0 Å². The summed E-state index contributed by atoms with van der Waals surface area (Å²) in [6, 6.07) is 15.7. The maximum Gasteiger partial charge on any atom is 0.259 e. The molecule has 0 radical (unpaired) electrons. The number of thiazole rings is 1. The summed E-state index contributed by atoms with van der Waals surface area (Å²) in [5, 5.41) is 10.4. The molecule has 4 aromatic rings. The smallest absolute Gasteiger partial charge is 0.259 e. The van der Waals surface area contributed by atoms with E-state index in [0.717, 1.165) is 38.9 Å². The van der Waals surface area contributed by atoms with E-state index in [-0.39, 0.29) is 5.91 Å². The summed E-state index contributed by atoms with van der Waals surface area (Å²) in [6.45, 7) is 5.92. The van der Waals surface area contributed by atoms with Crippen LogP contribution in [0, 0.1) is 20.8 Å². The minimum atomic E-state index is -0.172. The Morgan fingerprint density at radius 2 is 1.79 bits per heavy atom. The lowest BCUT2D eigenvalue weighted by atomic mass is 10.1. The van der Waals surface area contributed by atoms with E-state index in [0.29, 0.717) is 5.56 Å².